The minimum absolute atomic E-state index is 0.119. The zero-order valence-electron chi connectivity index (χ0n) is 19.0. The van der Waals surface area contributed by atoms with E-state index in [9.17, 15) is 14.4 Å². The van der Waals surface area contributed by atoms with Crippen molar-refractivity contribution in [2.24, 2.45) is 5.73 Å². The van der Waals surface area contributed by atoms with Crippen LogP contribution in [-0.2, 0) is 14.3 Å². The standard InChI is InChI=1S/C24H30N4O5/c1-17-5-3-4-6-20(17)21(26-24(25)31)15-23(30)33-16-22(29)28-13-11-27(12-14-28)18-7-9-19(32-2)10-8-18/h3-10,21H,11-16H2,1-2H3,(H3,25,26,31)/t21-/m1/s1. The van der Waals surface area contributed by atoms with Crippen molar-refractivity contribution in [3.63, 3.8) is 0 Å². The number of rotatable bonds is 8. The lowest BCUT2D eigenvalue weighted by atomic mass is 9.99. The van der Waals surface area contributed by atoms with Gasteiger partial charge in [0.05, 0.1) is 19.6 Å². The molecule has 176 valence electrons. The van der Waals surface area contributed by atoms with Crippen LogP contribution in [0.15, 0.2) is 48.5 Å². The number of urea groups is 1. The van der Waals surface area contributed by atoms with Gasteiger partial charge in [0.2, 0.25) is 0 Å². The number of primary amides is 1. The maximum atomic E-state index is 12.5. The van der Waals surface area contributed by atoms with Crippen molar-refractivity contribution in [2.75, 3.05) is 44.8 Å². The van der Waals surface area contributed by atoms with Gasteiger partial charge in [-0.1, -0.05) is 24.3 Å². The molecule has 9 heteroatoms. The van der Waals surface area contributed by atoms with Crippen LogP contribution in [0.2, 0.25) is 0 Å². The lowest BCUT2D eigenvalue weighted by Crippen LogP contribution is -2.50. The van der Waals surface area contributed by atoms with Crippen molar-refractivity contribution in [3.8, 4) is 5.75 Å². The van der Waals surface area contributed by atoms with Crippen LogP contribution >= 0.6 is 0 Å². The lowest BCUT2D eigenvalue weighted by molar-refractivity contribution is -0.152. The molecule has 0 bridgehead atoms. The van der Waals surface area contributed by atoms with Gasteiger partial charge in [0, 0.05) is 31.9 Å². The Balaban J connectivity index is 1.48. The Labute approximate surface area is 193 Å². The lowest BCUT2D eigenvalue weighted by Gasteiger charge is -2.36. The number of hydrogen-bond acceptors (Lipinski definition) is 6. The number of carbonyl (C=O) groups is 3. The fourth-order valence-corrected chi connectivity index (χ4v) is 3.85. The SMILES string of the molecule is COc1ccc(N2CCN(C(=O)COC(=O)C[C@@H](NC(N)=O)c3ccccc3C)CC2)cc1. The fraction of sp³-hybridized carbons (Fsp3) is 0.375. The fourth-order valence-electron chi connectivity index (χ4n) is 3.85. The Bertz CT molecular complexity index is 971. The molecule has 1 aliphatic heterocycles. The maximum absolute atomic E-state index is 12.5. The molecule has 0 aliphatic carbocycles. The van der Waals surface area contributed by atoms with E-state index in [1.165, 1.54) is 0 Å². The van der Waals surface area contributed by atoms with E-state index in [1.54, 1.807) is 12.0 Å². The van der Waals surface area contributed by atoms with E-state index in [0.717, 1.165) is 22.6 Å². The van der Waals surface area contributed by atoms with Crippen LogP contribution in [0.3, 0.4) is 0 Å². The van der Waals surface area contributed by atoms with E-state index >= 15 is 0 Å². The van der Waals surface area contributed by atoms with Gasteiger partial charge in [-0.2, -0.15) is 0 Å². The smallest absolute Gasteiger partial charge is 0.312 e. The first-order chi connectivity index (χ1) is 15.9. The third kappa shape index (κ3) is 6.61. The topological polar surface area (TPSA) is 114 Å². The van der Waals surface area contributed by atoms with Gasteiger partial charge in [-0.3, -0.25) is 9.59 Å². The average Bonchev–Trinajstić information content (AvgIpc) is 2.82. The number of nitrogens with two attached hydrogens (primary N) is 1. The number of esters is 1. The molecule has 0 radical (unpaired) electrons. The van der Waals surface area contributed by atoms with Gasteiger partial charge in [-0.15, -0.1) is 0 Å². The molecule has 0 spiro atoms. The van der Waals surface area contributed by atoms with Crippen molar-refractivity contribution < 1.29 is 23.9 Å². The van der Waals surface area contributed by atoms with Crippen LogP contribution in [0.25, 0.3) is 0 Å². The van der Waals surface area contributed by atoms with Gasteiger partial charge in [0.25, 0.3) is 5.91 Å². The molecule has 1 aliphatic rings. The van der Waals surface area contributed by atoms with E-state index in [-0.39, 0.29) is 18.9 Å². The summed E-state index contributed by atoms with van der Waals surface area (Å²) in [6.45, 7) is 3.99. The number of hydrogen-bond donors (Lipinski definition) is 2. The number of methoxy groups -OCH3 is 1. The van der Waals surface area contributed by atoms with Gasteiger partial charge < -0.3 is 30.3 Å². The first-order valence-electron chi connectivity index (χ1n) is 10.8. The third-order valence-corrected chi connectivity index (χ3v) is 5.68. The van der Waals surface area contributed by atoms with E-state index in [0.29, 0.717) is 26.2 Å². The second-order valence-electron chi connectivity index (χ2n) is 7.85. The zero-order valence-corrected chi connectivity index (χ0v) is 19.0. The molecule has 33 heavy (non-hydrogen) atoms. The van der Waals surface area contributed by atoms with Crippen molar-refractivity contribution in [3.05, 3.63) is 59.7 Å². The molecule has 3 amide bonds. The van der Waals surface area contributed by atoms with Crippen LogP contribution in [0.1, 0.15) is 23.6 Å². The highest BCUT2D eigenvalue weighted by molar-refractivity contribution is 5.81. The minimum atomic E-state index is -0.734. The minimum Gasteiger partial charge on any atom is -0.497 e. The number of ether oxygens (including phenoxy) is 2. The highest BCUT2D eigenvalue weighted by Crippen LogP contribution is 2.22. The molecule has 1 heterocycles. The number of carbonyl (C=O) groups excluding carboxylic acids is 3. The van der Waals surface area contributed by atoms with Crippen molar-refractivity contribution in [1.82, 2.24) is 10.2 Å². The number of amides is 3. The van der Waals surface area contributed by atoms with Gasteiger partial charge in [0.15, 0.2) is 6.61 Å². The van der Waals surface area contributed by atoms with Crippen LogP contribution in [-0.4, -0.2) is 62.7 Å². The number of anilines is 1. The number of nitrogens with one attached hydrogen (secondary N) is 1. The molecule has 2 aromatic rings. The van der Waals surface area contributed by atoms with Crippen molar-refractivity contribution >= 4 is 23.6 Å². The summed E-state index contributed by atoms with van der Waals surface area (Å²) in [5.74, 6) is -0.0275. The first kappa shape index (κ1) is 23.9. The Morgan fingerprint density at radius 3 is 2.30 bits per heavy atom. The summed E-state index contributed by atoms with van der Waals surface area (Å²) in [6.07, 6.45) is -0.119. The zero-order chi connectivity index (χ0) is 23.8. The highest BCUT2D eigenvalue weighted by atomic mass is 16.5. The molecule has 3 N–H and O–H groups in total. The molecule has 0 saturated carbocycles. The summed E-state index contributed by atoms with van der Waals surface area (Å²) in [5, 5.41) is 2.58. The van der Waals surface area contributed by atoms with Crippen LogP contribution in [0.5, 0.6) is 5.75 Å². The number of aryl methyl sites for hydroxylation is 1. The van der Waals surface area contributed by atoms with Crippen LogP contribution < -0.4 is 20.7 Å². The second-order valence-corrected chi connectivity index (χ2v) is 7.85. The summed E-state index contributed by atoms with van der Waals surface area (Å²) in [5.41, 5.74) is 8.02. The average molecular weight is 455 g/mol. The Kier molecular flexibility index (Phi) is 8.12. The maximum Gasteiger partial charge on any atom is 0.312 e. The predicted octanol–water partition coefficient (Wildman–Crippen LogP) is 2.00. The molecular weight excluding hydrogens is 424 g/mol. The number of benzene rings is 2. The molecule has 3 rings (SSSR count). The van der Waals surface area contributed by atoms with E-state index in [2.05, 4.69) is 10.2 Å². The second kappa shape index (κ2) is 11.2. The van der Waals surface area contributed by atoms with Gasteiger partial charge in [-0.05, 0) is 42.3 Å². The molecular formula is C24H30N4O5. The summed E-state index contributed by atoms with van der Waals surface area (Å²) in [7, 11) is 1.63. The molecule has 2 aromatic carbocycles. The summed E-state index contributed by atoms with van der Waals surface area (Å²) in [4.78, 5) is 40.2. The predicted molar refractivity (Wildman–Crippen MR) is 124 cm³/mol. The van der Waals surface area contributed by atoms with Crippen LogP contribution in [0.4, 0.5) is 10.5 Å². The van der Waals surface area contributed by atoms with Gasteiger partial charge in [-0.25, -0.2) is 4.79 Å². The van der Waals surface area contributed by atoms with E-state index in [4.69, 9.17) is 15.2 Å². The van der Waals surface area contributed by atoms with E-state index < -0.39 is 18.0 Å². The molecule has 9 nitrogen and oxygen atoms in total. The number of piperazine rings is 1. The molecule has 1 saturated heterocycles. The monoisotopic (exact) mass is 454 g/mol. The van der Waals surface area contributed by atoms with Gasteiger partial charge >= 0.3 is 12.0 Å². The largest absolute Gasteiger partial charge is 0.497 e. The molecule has 0 unspecified atom stereocenters. The number of nitrogens with zero attached hydrogens (tertiary/aromatic N) is 2. The Morgan fingerprint density at radius 1 is 1.03 bits per heavy atom. The first-order valence-corrected chi connectivity index (χ1v) is 10.8. The van der Waals surface area contributed by atoms with E-state index in [1.807, 2.05) is 55.5 Å². The Morgan fingerprint density at radius 2 is 1.70 bits per heavy atom. The summed E-state index contributed by atoms with van der Waals surface area (Å²) in [6, 6.07) is 13.8. The Hall–Kier alpha value is -3.75. The third-order valence-electron chi connectivity index (χ3n) is 5.68. The summed E-state index contributed by atoms with van der Waals surface area (Å²) >= 11 is 0. The van der Waals surface area contributed by atoms with Crippen molar-refractivity contribution in [1.29, 1.82) is 0 Å². The van der Waals surface area contributed by atoms with Crippen molar-refractivity contribution in [2.45, 2.75) is 19.4 Å². The van der Waals surface area contributed by atoms with Gasteiger partial charge in [0.1, 0.15) is 5.75 Å². The quantitative estimate of drug-likeness (QED) is 0.590. The summed E-state index contributed by atoms with van der Waals surface area (Å²) < 4.78 is 10.4. The van der Waals surface area contributed by atoms with Crippen LogP contribution in [0, 0.1) is 6.92 Å². The normalized spacial score (nSPS) is 14.4. The molecule has 1 atom stereocenters. The molecule has 1 fully saturated rings. The molecule has 0 aromatic heterocycles. The highest BCUT2D eigenvalue weighted by Gasteiger charge is 2.24.